The maximum Gasteiger partial charge on any atom is 0.223 e. The van der Waals surface area contributed by atoms with Gasteiger partial charge < -0.3 is 5.73 Å². The monoisotopic (exact) mass is 354 g/mol. The number of hydrogen-bond donors (Lipinski definition) is 1. The van der Waals surface area contributed by atoms with Gasteiger partial charge in [-0.2, -0.15) is 0 Å². The van der Waals surface area contributed by atoms with Crippen LogP contribution in [-0.4, -0.2) is 15.0 Å². The van der Waals surface area contributed by atoms with Gasteiger partial charge in [0, 0.05) is 17.1 Å². The summed E-state index contributed by atoms with van der Waals surface area (Å²) in [5.41, 5.74) is 9.20. The van der Waals surface area contributed by atoms with Gasteiger partial charge in [0.1, 0.15) is 11.3 Å². The number of thiophene rings is 1. The summed E-state index contributed by atoms with van der Waals surface area (Å²) in [7, 11) is 0. The van der Waals surface area contributed by atoms with E-state index < -0.39 is 0 Å². The maximum atomic E-state index is 6.00. The third kappa shape index (κ3) is 2.20. The largest absolute Gasteiger partial charge is 0.384 e. The molecule has 19 heavy (non-hydrogen) atoms. The van der Waals surface area contributed by atoms with Gasteiger partial charge in [-0.25, -0.2) is 15.0 Å². The Hall–Kier alpha value is -1.24. The third-order valence-corrected chi connectivity index (χ3v) is 4.78. The molecule has 3 aromatic rings. The molecule has 0 saturated heterocycles. The molecular weight excluding hydrogens is 348 g/mol. The van der Waals surface area contributed by atoms with E-state index in [1.165, 1.54) is 0 Å². The summed E-state index contributed by atoms with van der Waals surface area (Å²) in [6.45, 7) is 1.97. The highest BCUT2D eigenvalue weighted by Crippen LogP contribution is 2.37. The lowest BCUT2D eigenvalue weighted by atomic mass is 10.1. The van der Waals surface area contributed by atoms with Gasteiger partial charge in [0.2, 0.25) is 5.28 Å². The zero-order valence-corrected chi connectivity index (χ0v) is 13.0. The number of pyridine rings is 1. The van der Waals surface area contributed by atoms with Crippen molar-refractivity contribution in [3.8, 4) is 11.3 Å². The van der Waals surface area contributed by atoms with Crippen LogP contribution in [-0.2, 0) is 0 Å². The molecule has 3 rings (SSSR count). The van der Waals surface area contributed by atoms with Crippen molar-refractivity contribution in [3.05, 3.63) is 33.0 Å². The van der Waals surface area contributed by atoms with Crippen molar-refractivity contribution < 1.29 is 0 Å². The second kappa shape index (κ2) is 4.70. The molecule has 0 atom stereocenters. The lowest BCUT2D eigenvalue weighted by Crippen LogP contribution is -1.95. The Labute approximate surface area is 126 Å². The molecule has 0 aliphatic heterocycles. The van der Waals surface area contributed by atoms with E-state index in [4.69, 9.17) is 17.3 Å². The van der Waals surface area contributed by atoms with Crippen molar-refractivity contribution >= 4 is 54.9 Å². The van der Waals surface area contributed by atoms with E-state index in [2.05, 4.69) is 30.9 Å². The normalized spacial score (nSPS) is 11.1. The molecule has 4 nitrogen and oxygen atoms in total. The standard InChI is InChI=1S/C12H8BrClN4S/c1-5-2-8(15)16-3-6(5)9-11-10(7(13)4-19-11)18-12(14)17-9/h2-4H,1H3,(H2,15,16). The highest BCUT2D eigenvalue weighted by atomic mass is 79.9. The fraction of sp³-hybridized carbons (Fsp3) is 0.0833. The van der Waals surface area contributed by atoms with Crippen LogP contribution in [0, 0.1) is 6.92 Å². The second-order valence-electron chi connectivity index (χ2n) is 4.03. The van der Waals surface area contributed by atoms with Gasteiger partial charge in [0.05, 0.1) is 14.9 Å². The first kappa shape index (κ1) is 12.8. The van der Waals surface area contributed by atoms with Crippen LogP contribution in [0.25, 0.3) is 21.5 Å². The molecule has 0 aliphatic carbocycles. The van der Waals surface area contributed by atoms with Crippen molar-refractivity contribution in [3.63, 3.8) is 0 Å². The van der Waals surface area contributed by atoms with Gasteiger partial charge in [0.25, 0.3) is 0 Å². The summed E-state index contributed by atoms with van der Waals surface area (Å²) in [4.78, 5) is 12.7. The molecule has 96 valence electrons. The van der Waals surface area contributed by atoms with Crippen LogP contribution in [0.2, 0.25) is 5.28 Å². The minimum atomic E-state index is 0.220. The van der Waals surface area contributed by atoms with Crippen LogP contribution >= 0.6 is 38.9 Å². The molecule has 0 bridgehead atoms. The van der Waals surface area contributed by atoms with Crippen molar-refractivity contribution in [2.75, 3.05) is 5.73 Å². The summed E-state index contributed by atoms with van der Waals surface area (Å²) in [5, 5.41) is 2.19. The Kier molecular flexibility index (Phi) is 3.16. The molecule has 7 heteroatoms. The van der Waals surface area contributed by atoms with Crippen molar-refractivity contribution in [1.82, 2.24) is 15.0 Å². The molecule has 0 radical (unpaired) electrons. The van der Waals surface area contributed by atoms with Crippen molar-refractivity contribution in [2.45, 2.75) is 6.92 Å². The quantitative estimate of drug-likeness (QED) is 0.669. The molecular formula is C12H8BrClN4S. The highest BCUT2D eigenvalue weighted by Gasteiger charge is 2.15. The van der Waals surface area contributed by atoms with Gasteiger partial charge in [-0.15, -0.1) is 11.3 Å². The first-order valence-corrected chi connectivity index (χ1v) is 7.44. The van der Waals surface area contributed by atoms with E-state index in [9.17, 15) is 0 Å². The topological polar surface area (TPSA) is 64.7 Å². The number of anilines is 1. The van der Waals surface area contributed by atoms with Crippen LogP contribution in [0.5, 0.6) is 0 Å². The Morgan fingerprint density at radius 3 is 2.89 bits per heavy atom. The summed E-state index contributed by atoms with van der Waals surface area (Å²) in [6.07, 6.45) is 1.72. The molecule has 3 aromatic heterocycles. The van der Waals surface area contributed by atoms with E-state index >= 15 is 0 Å². The maximum absolute atomic E-state index is 6.00. The molecule has 0 unspecified atom stereocenters. The lowest BCUT2D eigenvalue weighted by molar-refractivity contribution is 1.21. The highest BCUT2D eigenvalue weighted by molar-refractivity contribution is 9.10. The minimum Gasteiger partial charge on any atom is -0.384 e. The third-order valence-electron chi connectivity index (χ3n) is 2.73. The van der Waals surface area contributed by atoms with Crippen LogP contribution in [0.4, 0.5) is 5.82 Å². The SMILES string of the molecule is Cc1cc(N)ncc1-c1nc(Cl)nc2c(Br)csc12. The number of nitrogens with two attached hydrogens (primary N) is 1. The summed E-state index contributed by atoms with van der Waals surface area (Å²) < 4.78 is 1.89. The Balaban J connectivity index is 2.35. The van der Waals surface area contributed by atoms with E-state index in [1.807, 2.05) is 18.4 Å². The Bertz CT molecular complexity index is 787. The fourth-order valence-corrected chi connectivity index (χ4v) is 3.61. The number of aromatic nitrogens is 3. The number of rotatable bonds is 1. The van der Waals surface area contributed by atoms with Gasteiger partial charge in [-0.3, -0.25) is 0 Å². The number of hydrogen-bond acceptors (Lipinski definition) is 5. The second-order valence-corrected chi connectivity index (χ2v) is 6.10. The molecule has 0 saturated carbocycles. The van der Waals surface area contributed by atoms with Crippen LogP contribution in [0.3, 0.4) is 0 Å². The molecule has 0 aromatic carbocycles. The number of nitrogen functional groups attached to an aromatic ring is 1. The zero-order chi connectivity index (χ0) is 13.6. The lowest BCUT2D eigenvalue weighted by Gasteiger charge is -2.07. The first-order chi connectivity index (χ1) is 9.06. The average Bonchev–Trinajstić information content (AvgIpc) is 2.71. The predicted octanol–water partition coefficient (Wildman–Crippen LogP) is 4.06. The number of halogens is 2. The van der Waals surface area contributed by atoms with Gasteiger partial charge in [-0.1, -0.05) is 0 Å². The molecule has 2 N–H and O–H groups in total. The van der Waals surface area contributed by atoms with Crippen LogP contribution in [0.15, 0.2) is 22.1 Å². The van der Waals surface area contributed by atoms with E-state index in [0.717, 1.165) is 31.5 Å². The average molecular weight is 356 g/mol. The summed E-state index contributed by atoms with van der Waals surface area (Å²) in [5.74, 6) is 0.491. The summed E-state index contributed by atoms with van der Waals surface area (Å²) >= 11 is 11.0. The number of aryl methyl sites for hydroxylation is 1. The predicted molar refractivity (Wildman–Crippen MR) is 82.5 cm³/mol. The van der Waals surface area contributed by atoms with Gasteiger partial charge in [-0.05, 0) is 46.1 Å². The van der Waals surface area contributed by atoms with E-state index in [-0.39, 0.29) is 5.28 Å². The van der Waals surface area contributed by atoms with Crippen LogP contribution < -0.4 is 5.73 Å². The van der Waals surface area contributed by atoms with Crippen molar-refractivity contribution in [2.24, 2.45) is 0 Å². The zero-order valence-electron chi connectivity index (χ0n) is 9.82. The summed E-state index contributed by atoms with van der Waals surface area (Å²) in [6, 6.07) is 1.82. The van der Waals surface area contributed by atoms with Crippen LogP contribution in [0.1, 0.15) is 5.56 Å². The Morgan fingerprint density at radius 1 is 1.37 bits per heavy atom. The molecule has 0 aliphatic rings. The van der Waals surface area contributed by atoms with E-state index in [1.54, 1.807) is 17.5 Å². The smallest absolute Gasteiger partial charge is 0.223 e. The molecule has 3 heterocycles. The van der Waals surface area contributed by atoms with E-state index in [0.29, 0.717) is 5.82 Å². The number of fused-ring (bicyclic) bond motifs is 1. The molecule has 0 spiro atoms. The van der Waals surface area contributed by atoms with Gasteiger partial charge in [0.15, 0.2) is 0 Å². The van der Waals surface area contributed by atoms with Crippen molar-refractivity contribution in [1.29, 1.82) is 0 Å². The van der Waals surface area contributed by atoms with Gasteiger partial charge >= 0.3 is 0 Å². The minimum absolute atomic E-state index is 0.220. The first-order valence-electron chi connectivity index (χ1n) is 5.39. The fourth-order valence-electron chi connectivity index (χ4n) is 1.87. The molecule has 0 amide bonds. The number of nitrogens with zero attached hydrogens (tertiary/aromatic N) is 3. The Morgan fingerprint density at radius 2 is 2.16 bits per heavy atom. The molecule has 0 fully saturated rings.